The van der Waals surface area contributed by atoms with E-state index in [0.717, 1.165) is 25.9 Å². The Bertz CT molecular complexity index is 427. The maximum Gasteiger partial charge on any atom is 0.317 e. The maximum atomic E-state index is 12.1. The summed E-state index contributed by atoms with van der Waals surface area (Å²) in [6, 6.07) is -0.110. The summed E-state index contributed by atoms with van der Waals surface area (Å²) in [5.41, 5.74) is -0.584. The lowest BCUT2D eigenvalue weighted by atomic mass is 9.99. The smallest absolute Gasteiger partial charge is 0.317 e. The third kappa shape index (κ3) is 3.16. The predicted molar refractivity (Wildman–Crippen MR) is 70.2 cm³/mol. The zero-order chi connectivity index (χ0) is 13.4. The summed E-state index contributed by atoms with van der Waals surface area (Å²) in [6.07, 6.45) is 2.58. The van der Waals surface area contributed by atoms with Gasteiger partial charge in [-0.15, -0.1) is 0 Å². The lowest BCUT2D eigenvalue weighted by molar-refractivity contribution is 0.165. The Morgan fingerprint density at radius 1 is 1.33 bits per heavy atom. The number of likely N-dealkylation sites (tertiary alicyclic amines) is 1. The summed E-state index contributed by atoms with van der Waals surface area (Å²) >= 11 is 0. The van der Waals surface area contributed by atoms with Crippen molar-refractivity contribution in [3.8, 4) is 0 Å². The molecule has 1 unspecified atom stereocenters. The molecule has 0 spiro atoms. The normalized spacial score (nSPS) is 32.4. The van der Waals surface area contributed by atoms with Gasteiger partial charge in [-0.25, -0.2) is 13.2 Å². The van der Waals surface area contributed by atoms with Gasteiger partial charge >= 0.3 is 6.03 Å². The Hall–Kier alpha value is -0.780. The summed E-state index contributed by atoms with van der Waals surface area (Å²) in [4.78, 5) is 13.9. The molecule has 2 aliphatic heterocycles. The maximum absolute atomic E-state index is 12.1. The van der Waals surface area contributed by atoms with Gasteiger partial charge in [0.2, 0.25) is 0 Å². The quantitative estimate of drug-likeness (QED) is 0.776. The molecule has 0 aliphatic carbocycles. The molecule has 2 fully saturated rings. The zero-order valence-electron chi connectivity index (χ0n) is 11.1. The van der Waals surface area contributed by atoms with E-state index in [1.54, 1.807) is 4.90 Å². The van der Waals surface area contributed by atoms with Gasteiger partial charge in [0.05, 0.1) is 17.0 Å². The van der Waals surface area contributed by atoms with E-state index >= 15 is 0 Å². The van der Waals surface area contributed by atoms with Crippen LogP contribution >= 0.6 is 0 Å². The molecule has 2 saturated heterocycles. The van der Waals surface area contributed by atoms with Crippen molar-refractivity contribution in [1.82, 2.24) is 10.2 Å². The van der Waals surface area contributed by atoms with Crippen molar-refractivity contribution >= 4 is 15.9 Å². The van der Waals surface area contributed by atoms with Crippen LogP contribution in [0.1, 0.15) is 33.1 Å². The highest BCUT2D eigenvalue weighted by Crippen LogP contribution is 2.24. The Labute approximate surface area is 109 Å². The largest absolute Gasteiger partial charge is 0.332 e. The molecule has 0 aromatic rings. The van der Waals surface area contributed by atoms with Gasteiger partial charge in [-0.2, -0.15) is 0 Å². The van der Waals surface area contributed by atoms with Gasteiger partial charge < -0.3 is 10.2 Å². The SMILES string of the molecule is CC1CCN(C(=O)NC2(C)CCS(=O)(=O)C2)CC1. The molecule has 1 N–H and O–H groups in total. The highest BCUT2D eigenvalue weighted by atomic mass is 32.2. The van der Waals surface area contributed by atoms with Crippen molar-refractivity contribution in [2.75, 3.05) is 24.6 Å². The summed E-state index contributed by atoms with van der Waals surface area (Å²) in [6.45, 7) is 5.56. The standard InChI is InChI=1S/C12H22N2O3S/c1-10-3-6-14(7-4-10)11(15)13-12(2)5-8-18(16,17)9-12/h10H,3-9H2,1-2H3,(H,13,15). The van der Waals surface area contributed by atoms with Crippen molar-refractivity contribution in [1.29, 1.82) is 0 Å². The fourth-order valence-electron chi connectivity index (χ4n) is 2.66. The Kier molecular flexibility index (Phi) is 3.58. The first-order chi connectivity index (χ1) is 8.30. The molecule has 6 heteroatoms. The van der Waals surface area contributed by atoms with E-state index in [2.05, 4.69) is 12.2 Å². The summed E-state index contributed by atoms with van der Waals surface area (Å²) in [7, 11) is -2.97. The van der Waals surface area contributed by atoms with Crippen LogP contribution in [0.15, 0.2) is 0 Å². The number of hydrogen-bond donors (Lipinski definition) is 1. The topological polar surface area (TPSA) is 66.5 Å². The average Bonchev–Trinajstić information content (AvgIpc) is 2.53. The molecular formula is C12H22N2O3S. The first kappa shape index (κ1) is 13.6. The number of nitrogens with zero attached hydrogens (tertiary/aromatic N) is 1. The third-order valence-electron chi connectivity index (χ3n) is 3.98. The van der Waals surface area contributed by atoms with E-state index in [0.29, 0.717) is 12.3 Å². The van der Waals surface area contributed by atoms with Crippen LogP contribution in [0.4, 0.5) is 4.79 Å². The van der Waals surface area contributed by atoms with Gasteiger partial charge in [-0.3, -0.25) is 0 Å². The van der Waals surface area contributed by atoms with Crippen molar-refractivity contribution in [2.45, 2.75) is 38.6 Å². The second-order valence-electron chi connectivity index (χ2n) is 6.00. The summed E-state index contributed by atoms with van der Waals surface area (Å²) in [5.74, 6) is 0.924. The third-order valence-corrected chi connectivity index (χ3v) is 5.89. The molecule has 2 aliphatic rings. The molecule has 0 aromatic carbocycles. The highest BCUT2D eigenvalue weighted by molar-refractivity contribution is 7.91. The Morgan fingerprint density at radius 2 is 1.94 bits per heavy atom. The van der Waals surface area contributed by atoms with E-state index < -0.39 is 15.4 Å². The zero-order valence-corrected chi connectivity index (χ0v) is 11.9. The van der Waals surface area contributed by atoms with Crippen LogP contribution in [0.2, 0.25) is 0 Å². The number of piperidine rings is 1. The minimum absolute atomic E-state index is 0.0655. The van der Waals surface area contributed by atoms with Gasteiger partial charge in [0, 0.05) is 13.1 Å². The van der Waals surface area contributed by atoms with Crippen molar-refractivity contribution < 1.29 is 13.2 Å². The fraction of sp³-hybridized carbons (Fsp3) is 0.917. The minimum atomic E-state index is -2.97. The van der Waals surface area contributed by atoms with Crippen LogP contribution in [-0.2, 0) is 9.84 Å². The average molecular weight is 274 g/mol. The van der Waals surface area contributed by atoms with Gasteiger partial charge in [0.1, 0.15) is 0 Å². The molecular weight excluding hydrogens is 252 g/mol. The van der Waals surface area contributed by atoms with Crippen LogP contribution in [0, 0.1) is 5.92 Å². The summed E-state index contributed by atoms with van der Waals surface area (Å²) < 4.78 is 23.0. The van der Waals surface area contributed by atoms with E-state index in [9.17, 15) is 13.2 Å². The van der Waals surface area contributed by atoms with Crippen LogP contribution < -0.4 is 5.32 Å². The molecule has 0 bridgehead atoms. The fourth-order valence-corrected chi connectivity index (χ4v) is 4.75. The Balaban J connectivity index is 1.92. The lowest BCUT2D eigenvalue weighted by Gasteiger charge is -2.33. The molecule has 2 rings (SSSR count). The number of rotatable bonds is 1. The molecule has 1 atom stereocenters. The molecule has 104 valence electrons. The lowest BCUT2D eigenvalue weighted by Crippen LogP contribution is -2.53. The minimum Gasteiger partial charge on any atom is -0.332 e. The van der Waals surface area contributed by atoms with Crippen LogP contribution in [0.25, 0.3) is 0 Å². The van der Waals surface area contributed by atoms with Crippen molar-refractivity contribution in [2.24, 2.45) is 5.92 Å². The Morgan fingerprint density at radius 3 is 2.44 bits per heavy atom. The number of nitrogens with one attached hydrogen (secondary N) is 1. The first-order valence-electron chi connectivity index (χ1n) is 6.57. The van der Waals surface area contributed by atoms with Crippen LogP contribution in [0.3, 0.4) is 0 Å². The molecule has 0 aromatic heterocycles. The number of carbonyl (C=O) groups is 1. The number of hydrogen-bond acceptors (Lipinski definition) is 3. The second-order valence-corrected chi connectivity index (χ2v) is 8.19. The van der Waals surface area contributed by atoms with E-state index in [-0.39, 0.29) is 17.5 Å². The van der Waals surface area contributed by atoms with E-state index in [4.69, 9.17) is 0 Å². The van der Waals surface area contributed by atoms with Gasteiger partial charge in [0.25, 0.3) is 0 Å². The predicted octanol–water partition coefficient (Wildman–Crippen LogP) is 1.01. The van der Waals surface area contributed by atoms with Crippen molar-refractivity contribution in [3.63, 3.8) is 0 Å². The molecule has 0 saturated carbocycles. The number of amides is 2. The molecule has 5 nitrogen and oxygen atoms in total. The molecule has 0 radical (unpaired) electrons. The summed E-state index contributed by atoms with van der Waals surface area (Å²) in [5, 5.41) is 2.90. The monoisotopic (exact) mass is 274 g/mol. The second kappa shape index (κ2) is 4.72. The molecule has 2 amide bonds. The van der Waals surface area contributed by atoms with Crippen molar-refractivity contribution in [3.05, 3.63) is 0 Å². The number of urea groups is 1. The van der Waals surface area contributed by atoms with Gasteiger partial charge in [-0.05, 0) is 32.1 Å². The van der Waals surface area contributed by atoms with Gasteiger partial charge in [0.15, 0.2) is 9.84 Å². The molecule has 2 heterocycles. The van der Waals surface area contributed by atoms with E-state index in [1.807, 2.05) is 6.92 Å². The van der Waals surface area contributed by atoms with Gasteiger partial charge in [-0.1, -0.05) is 6.92 Å². The highest BCUT2D eigenvalue weighted by Gasteiger charge is 2.40. The molecule has 18 heavy (non-hydrogen) atoms. The van der Waals surface area contributed by atoms with E-state index in [1.165, 1.54) is 0 Å². The first-order valence-corrected chi connectivity index (χ1v) is 8.39. The van der Waals surface area contributed by atoms with Crippen LogP contribution in [0.5, 0.6) is 0 Å². The van der Waals surface area contributed by atoms with Crippen LogP contribution in [-0.4, -0.2) is 49.5 Å². The number of sulfone groups is 1. The number of carbonyl (C=O) groups excluding carboxylic acids is 1.